The van der Waals surface area contributed by atoms with Gasteiger partial charge in [0, 0.05) is 12.2 Å². The van der Waals surface area contributed by atoms with E-state index in [1.54, 1.807) is 0 Å². The first-order valence-corrected chi connectivity index (χ1v) is 6.94. The van der Waals surface area contributed by atoms with Gasteiger partial charge in [0.25, 0.3) is 0 Å². The molecule has 1 aromatic carbocycles. The second kappa shape index (κ2) is 10.6. The van der Waals surface area contributed by atoms with Crippen molar-refractivity contribution < 1.29 is 0 Å². The third kappa shape index (κ3) is 6.29. The molecule has 0 aromatic heterocycles. The monoisotopic (exact) mass is 245 g/mol. The number of allylic oxidation sites excluding steroid dienone is 2. The van der Waals surface area contributed by atoms with Crippen LogP contribution in [0.1, 0.15) is 46.6 Å². The Morgan fingerprint density at radius 2 is 1.56 bits per heavy atom. The molecule has 0 radical (unpaired) electrons. The van der Waals surface area contributed by atoms with E-state index >= 15 is 0 Å². The van der Waals surface area contributed by atoms with E-state index in [2.05, 4.69) is 62.5 Å². The van der Waals surface area contributed by atoms with Crippen LogP contribution < -0.4 is 5.32 Å². The van der Waals surface area contributed by atoms with Gasteiger partial charge in [-0.25, -0.2) is 0 Å². The zero-order valence-electron chi connectivity index (χ0n) is 12.5. The molecule has 1 aromatic rings. The predicted molar refractivity (Wildman–Crippen MR) is 83.5 cm³/mol. The maximum absolute atomic E-state index is 3.38. The van der Waals surface area contributed by atoms with Crippen molar-refractivity contribution in [3.05, 3.63) is 53.6 Å². The summed E-state index contributed by atoms with van der Waals surface area (Å²) in [5, 5.41) is 3.38. The molecule has 0 saturated carbocycles. The summed E-state index contributed by atoms with van der Waals surface area (Å²) in [7, 11) is 0. The number of hydrogen-bond acceptors (Lipinski definition) is 1. The van der Waals surface area contributed by atoms with Crippen LogP contribution in [0.5, 0.6) is 0 Å². The number of benzene rings is 1. The second-order valence-corrected chi connectivity index (χ2v) is 4.02. The molecule has 18 heavy (non-hydrogen) atoms. The molecule has 100 valence electrons. The Bertz CT molecular complexity index is 360. The van der Waals surface area contributed by atoms with Gasteiger partial charge in [0.2, 0.25) is 0 Å². The quantitative estimate of drug-likeness (QED) is 0.732. The molecule has 1 N–H and O–H groups in total. The van der Waals surface area contributed by atoms with Crippen molar-refractivity contribution in [2.45, 2.75) is 41.0 Å². The van der Waals surface area contributed by atoms with Crippen molar-refractivity contribution in [2.75, 3.05) is 6.54 Å². The standard InChI is InChI=1S/C12H13N.C3H8.C2H6/c1-10-7-8-12(13-9-10)11-5-3-2-4-6-11;1-3-2;1-2/h2-8,13H,9H2,1H3;3H2,1-2H3;1-2H3. The highest BCUT2D eigenvalue weighted by Gasteiger charge is 2.02. The van der Waals surface area contributed by atoms with Crippen LogP contribution in [0.4, 0.5) is 0 Å². The van der Waals surface area contributed by atoms with Crippen molar-refractivity contribution in [1.29, 1.82) is 0 Å². The van der Waals surface area contributed by atoms with E-state index in [0.717, 1.165) is 6.54 Å². The summed E-state index contributed by atoms with van der Waals surface area (Å²) in [6.45, 7) is 11.3. The average Bonchev–Trinajstić information content (AvgIpc) is 2.44. The smallest absolute Gasteiger partial charge is 0.0416 e. The minimum absolute atomic E-state index is 0.959. The molecule has 0 saturated heterocycles. The van der Waals surface area contributed by atoms with E-state index < -0.39 is 0 Å². The fourth-order valence-electron chi connectivity index (χ4n) is 1.39. The van der Waals surface area contributed by atoms with Gasteiger partial charge in [0.1, 0.15) is 0 Å². The summed E-state index contributed by atoms with van der Waals surface area (Å²) >= 11 is 0. The van der Waals surface area contributed by atoms with Gasteiger partial charge in [-0.3, -0.25) is 0 Å². The van der Waals surface area contributed by atoms with Crippen molar-refractivity contribution in [3.8, 4) is 0 Å². The Hall–Kier alpha value is -1.50. The fraction of sp³-hybridized carbons (Fsp3) is 0.412. The molecule has 0 bridgehead atoms. The van der Waals surface area contributed by atoms with Gasteiger partial charge in [-0.1, -0.05) is 76.1 Å². The van der Waals surface area contributed by atoms with Crippen LogP contribution in [-0.2, 0) is 0 Å². The predicted octanol–water partition coefficient (Wildman–Crippen LogP) is 5.02. The zero-order valence-corrected chi connectivity index (χ0v) is 12.5. The molecule has 0 spiro atoms. The van der Waals surface area contributed by atoms with E-state index in [0.29, 0.717) is 0 Å². The Balaban J connectivity index is 0.000000509. The van der Waals surface area contributed by atoms with Gasteiger partial charge in [-0.05, 0) is 18.6 Å². The van der Waals surface area contributed by atoms with E-state index in [1.165, 1.54) is 23.3 Å². The molecular weight excluding hydrogens is 218 g/mol. The third-order valence-electron chi connectivity index (χ3n) is 2.18. The molecule has 0 fully saturated rings. The first-order chi connectivity index (χ1) is 8.77. The van der Waals surface area contributed by atoms with Crippen molar-refractivity contribution >= 4 is 5.70 Å². The maximum atomic E-state index is 3.38. The highest BCUT2D eigenvalue weighted by Crippen LogP contribution is 2.14. The summed E-state index contributed by atoms with van der Waals surface area (Å²) in [5.41, 5.74) is 3.84. The minimum atomic E-state index is 0.959. The number of dihydropyridines is 1. The highest BCUT2D eigenvalue weighted by molar-refractivity contribution is 5.66. The third-order valence-corrected chi connectivity index (χ3v) is 2.18. The van der Waals surface area contributed by atoms with Crippen LogP contribution in [-0.4, -0.2) is 6.54 Å². The van der Waals surface area contributed by atoms with E-state index in [-0.39, 0.29) is 0 Å². The molecule has 0 amide bonds. The summed E-state index contributed by atoms with van der Waals surface area (Å²) in [6.07, 6.45) is 5.55. The number of nitrogens with one attached hydrogen (secondary N) is 1. The molecular formula is C17H27N. The maximum Gasteiger partial charge on any atom is 0.0416 e. The molecule has 1 aliphatic heterocycles. The lowest BCUT2D eigenvalue weighted by molar-refractivity contribution is 0.941. The normalized spacial score (nSPS) is 12.7. The highest BCUT2D eigenvalue weighted by atomic mass is 14.9. The van der Waals surface area contributed by atoms with Crippen LogP contribution in [0, 0.1) is 0 Å². The van der Waals surface area contributed by atoms with Crippen molar-refractivity contribution in [1.82, 2.24) is 5.32 Å². The largest absolute Gasteiger partial charge is 0.381 e. The van der Waals surface area contributed by atoms with Crippen LogP contribution in [0.2, 0.25) is 0 Å². The molecule has 1 heteroatoms. The van der Waals surface area contributed by atoms with Crippen molar-refractivity contribution in [2.24, 2.45) is 0 Å². The summed E-state index contributed by atoms with van der Waals surface area (Å²) in [6, 6.07) is 10.4. The van der Waals surface area contributed by atoms with E-state index in [4.69, 9.17) is 0 Å². The first kappa shape index (κ1) is 16.5. The Morgan fingerprint density at radius 3 is 2.00 bits per heavy atom. The Kier molecular flexibility index (Phi) is 9.75. The Morgan fingerprint density at radius 1 is 1.00 bits per heavy atom. The van der Waals surface area contributed by atoms with Gasteiger partial charge < -0.3 is 5.32 Å². The topological polar surface area (TPSA) is 12.0 Å². The van der Waals surface area contributed by atoms with Crippen LogP contribution in [0.3, 0.4) is 0 Å². The van der Waals surface area contributed by atoms with E-state index in [1.807, 2.05) is 19.9 Å². The molecule has 2 rings (SSSR count). The van der Waals surface area contributed by atoms with Gasteiger partial charge in [0.05, 0.1) is 0 Å². The summed E-state index contributed by atoms with van der Waals surface area (Å²) < 4.78 is 0. The lowest BCUT2D eigenvalue weighted by Gasteiger charge is -2.14. The number of rotatable bonds is 1. The summed E-state index contributed by atoms with van der Waals surface area (Å²) in [5.74, 6) is 0. The molecule has 0 unspecified atom stereocenters. The Labute approximate surface area is 113 Å². The van der Waals surface area contributed by atoms with Crippen LogP contribution in [0.15, 0.2) is 48.1 Å². The molecule has 1 aliphatic rings. The van der Waals surface area contributed by atoms with Crippen LogP contribution in [0.25, 0.3) is 5.70 Å². The molecule has 0 atom stereocenters. The molecule has 1 nitrogen and oxygen atoms in total. The average molecular weight is 245 g/mol. The molecule has 0 aliphatic carbocycles. The van der Waals surface area contributed by atoms with E-state index in [9.17, 15) is 0 Å². The lowest BCUT2D eigenvalue weighted by Crippen LogP contribution is -2.17. The van der Waals surface area contributed by atoms with Crippen LogP contribution >= 0.6 is 0 Å². The molecule has 1 heterocycles. The first-order valence-electron chi connectivity index (χ1n) is 6.94. The van der Waals surface area contributed by atoms with Gasteiger partial charge in [-0.15, -0.1) is 0 Å². The number of hydrogen-bond donors (Lipinski definition) is 1. The van der Waals surface area contributed by atoms with Gasteiger partial charge in [0.15, 0.2) is 0 Å². The SMILES string of the molecule is CC.CC1=CC=C(c2ccccc2)NC1.CCC. The lowest BCUT2D eigenvalue weighted by atomic mass is 10.1. The minimum Gasteiger partial charge on any atom is -0.381 e. The second-order valence-electron chi connectivity index (χ2n) is 4.02. The summed E-state index contributed by atoms with van der Waals surface area (Å²) in [4.78, 5) is 0. The van der Waals surface area contributed by atoms with Gasteiger partial charge in [-0.2, -0.15) is 0 Å². The van der Waals surface area contributed by atoms with Crippen molar-refractivity contribution in [3.63, 3.8) is 0 Å². The fourth-order valence-corrected chi connectivity index (χ4v) is 1.39. The van der Waals surface area contributed by atoms with Gasteiger partial charge >= 0.3 is 0 Å². The zero-order chi connectivity index (χ0) is 13.8.